The molecule has 0 amide bonds. The number of aliphatic hydroxyl groups is 1. The summed E-state index contributed by atoms with van der Waals surface area (Å²) in [6.07, 6.45) is 2.80. The van der Waals surface area contributed by atoms with Gasteiger partial charge in [0.15, 0.2) is 0 Å². The maximum absolute atomic E-state index is 13.4. The van der Waals surface area contributed by atoms with Crippen LogP contribution in [0.5, 0.6) is 0 Å². The molecule has 0 bridgehead atoms. The van der Waals surface area contributed by atoms with Crippen LogP contribution in [0.15, 0.2) is 18.2 Å². The molecule has 1 saturated carbocycles. The number of aliphatic hydroxyl groups excluding tert-OH is 1. The van der Waals surface area contributed by atoms with Gasteiger partial charge in [-0.25, -0.2) is 4.39 Å². The molecule has 2 rings (SSSR count). The Morgan fingerprint density at radius 1 is 1.11 bits per heavy atom. The van der Waals surface area contributed by atoms with Gasteiger partial charge in [0.25, 0.3) is 0 Å². The zero-order chi connectivity index (χ0) is 13.3. The van der Waals surface area contributed by atoms with Crippen LogP contribution in [-0.2, 0) is 0 Å². The van der Waals surface area contributed by atoms with Crippen molar-refractivity contribution in [3.05, 3.63) is 35.1 Å². The summed E-state index contributed by atoms with van der Waals surface area (Å²) in [5.41, 5.74) is 1.61. The molecule has 1 aliphatic rings. The van der Waals surface area contributed by atoms with Crippen LogP contribution in [0.25, 0.3) is 0 Å². The largest absolute Gasteiger partial charge is 0.388 e. The van der Waals surface area contributed by atoms with Gasteiger partial charge in [-0.15, -0.1) is 0 Å². The highest BCUT2D eigenvalue weighted by atomic mass is 19.1. The predicted octanol–water partition coefficient (Wildman–Crippen LogP) is 4.24. The molecule has 1 aliphatic carbocycles. The fraction of sp³-hybridized carbons (Fsp3) is 0.625. The minimum absolute atomic E-state index is 0.249. The molecule has 0 saturated heterocycles. The average Bonchev–Trinajstić information content (AvgIpc) is 2.25. The van der Waals surface area contributed by atoms with Gasteiger partial charge in [0, 0.05) is 0 Å². The molecule has 0 radical (unpaired) electrons. The molecule has 3 atom stereocenters. The van der Waals surface area contributed by atoms with Gasteiger partial charge in [0.05, 0.1) is 6.10 Å². The maximum Gasteiger partial charge on any atom is 0.123 e. The van der Waals surface area contributed by atoms with Crippen molar-refractivity contribution in [2.45, 2.75) is 46.1 Å². The molecular weight excluding hydrogens is 227 g/mol. The number of halogens is 1. The molecule has 0 spiro atoms. The van der Waals surface area contributed by atoms with Crippen LogP contribution in [0.1, 0.15) is 50.3 Å². The second kappa shape index (κ2) is 5.40. The lowest BCUT2D eigenvalue weighted by atomic mass is 9.73. The van der Waals surface area contributed by atoms with E-state index in [0.717, 1.165) is 24.0 Å². The molecule has 2 heteroatoms. The topological polar surface area (TPSA) is 20.2 Å². The summed E-state index contributed by atoms with van der Waals surface area (Å²) in [4.78, 5) is 0. The monoisotopic (exact) mass is 250 g/mol. The number of benzene rings is 1. The van der Waals surface area contributed by atoms with E-state index in [9.17, 15) is 9.50 Å². The second-order valence-corrected chi connectivity index (χ2v) is 6.18. The van der Waals surface area contributed by atoms with E-state index in [4.69, 9.17) is 0 Å². The predicted molar refractivity (Wildman–Crippen MR) is 71.8 cm³/mol. The van der Waals surface area contributed by atoms with E-state index in [2.05, 4.69) is 13.8 Å². The Morgan fingerprint density at radius 2 is 1.72 bits per heavy atom. The number of hydrogen-bond acceptors (Lipinski definition) is 1. The highest BCUT2D eigenvalue weighted by Crippen LogP contribution is 2.39. The average molecular weight is 250 g/mol. The van der Waals surface area contributed by atoms with Crippen molar-refractivity contribution in [2.24, 2.45) is 17.8 Å². The Bertz CT molecular complexity index is 385. The molecule has 3 unspecified atom stereocenters. The van der Waals surface area contributed by atoms with Crippen LogP contribution in [0.4, 0.5) is 4.39 Å². The summed E-state index contributed by atoms with van der Waals surface area (Å²) in [7, 11) is 0. The Kier molecular flexibility index (Phi) is 4.06. The van der Waals surface area contributed by atoms with Gasteiger partial charge in [-0.3, -0.25) is 0 Å². The van der Waals surface area contributed by atoms with Crippen molar-refractivity contribution in [1.29, 1.82) is 0 Å². The minimum Gasteiger partial charge on any atom is -0.388 e. The molecule has 18 heavy (non-hydrogen) atoms. The number of hydrogen-bond donors (Lipinski definition) is 1. The summed E-state index contributed by atoms with van der Waals surface area (Å²) < 4.78 is 13.4. The lowest BCUT2D eigenvalue weighted by molar-refractivity contribution is 0.0549. The summed E-state index contributed by atoms with van der Waals surface area (Å²) in [5.74, 6) is 1.33. The first-order chi connectivity index (χ1) is 8.45. The Hall–Kier alpha value is -0.890. The first-order valence-electron chi connectivity index (χ1n) is 6.91. The van der Waals surface area contributed by atoms with Gasteiger partial charge in [0.2, 0.25) is 0 Å². The summed E-state index contributed by atoms with van der Waals surface area (Å²) in [5, 5.41) is 10.5. The molecule has 1 aromatic rings. The number of rotatable bonds is 2. The Balaban J connectivity index is 2.17. The number of aryl methyl sites for hydroxylation is 1. The lowest BCUT2D eigenvalue weighted by Crippen LogP contribution is -2.24. The van der Waals surface area contributed by atoms with Gasteiger partial charge in [-0.1, -0.05) is 19.9 Å². The normalized spacial score (nSPS) is 30.2. The van der Waals surface area contributed by atoms with Crippen LogP contribution < -0.4 is 0 Å². The SMILES string of the molecule is Cc1cc(F)cc(C(O)C2CC(C)CC(C)C2)c1. The molecule has 1 nitrogen and oxygen atoms in total. The molecule has 0 aliphatic heterocycles. The summed E-state index contributed by atoms with van der Waals surface area (Å²) in [6, 6.07) is 4.88. The van der Waals surface area contributed by atoms with Crippen molar-refractivity contribution in [3.8, 4) is 0 Å². The van der Waals surface area contributed by atoms with E-state index >= 15 is 0 Å². The van der Waals surface area contributed by atoms with Crippen molar-refractivity contribution in [2.75, 3.05) is 0 Å². The highest BCUT2D eigenvalue weighted by molar-refractivity contribution is 5.25. The van der Waals surface area contributed by atoms with E-state index in [-0.39, 0.29) is 11.7 Å². The molecule has 1 aromatic carbocycles. The Morgan fingerprint density at radius 3 is 2.28 bits per heavy atom. The van der Waals surface area contributed by atoms with Crippen LogP contribution in [0.2, 0.25) is 0 Å². The third-order valence-electron chi connectivity index (χ3n) is 4.07. The van der Waals surface area contributed by atoms with E-state index in [1.807, 2.05) is 13.0 Å². The van der Waals surface area contributed by atoms with Gasteiger partial charge in [-0.05, 0) is 67.2 Å². The van der Waals surface area contributed by atoms with E-state index < -0.39 is 6.10 Å². The zero-order valence-corrected chi connectivity index (χ0v) is 11.5. The van der Waals surface area contributed by atoms with Crippen LogP contribution in [0.3, 0.4) is 0 Å². The van der Waals surface area contributed by atoms with Crippen molar-refractivity contribution in [3.63, 3.8) is 0 Å². The zero-order valence-electron chi connectivity index (χ0n) is 11.5. The maximum atomic E-state index is 13.4. The Labute approximate surface area is 109 Å². The molecule has 100 valence electrons. The molecule has 1 fully saturated rings. The van der Waals surface area contributed by atoms with E-state index in [1.165, 1.54) is 18.6 Å². The van der Waals surface area contributed by atoms with Gasteiger partial charge in [-0.2, -0.15) is 0 Å². The van der Waals surface area contributed by atoms with Crippen LogP contribution in [-0.4, -0.2) is 5.11 Å². The smallest absolute Gasteiger partial charge is 0.123 e. The molecule has 1 N–H and O–H groups in total. The summed E-state index contributed by atoms with van der Waals surface area (Å²) in [6.45, 7) is 6.35. The van der Waals surface area contributed by atoms with Crippen molar-refractivity contribution >= 4 is 0 Å². The van der Waals surface area contributed by atoms with Crippen molar-refractivity contribution < 1.29 is 9.50 Å². The van der Waals surface area contributed by atoms with E-state index in [0.29, 0.717) is 11.8 Å². The van der Waals surface area contributed by atoms with Crippen LogP contribution in [0, 0.1) is 30.5 Å². The molecular formula is C16H23FO. The summed E-state index contributed by atoms with van der Waals surface area (Å²) >= 11 is 0. The third kappa shape index (κ3) is 3.11. The quantitative estimate of drug-likeness (QED) is 0.832. The van der Waals surface area contributed by atoms with Gasteiger partial charge >= 0.3 is 0 Å². The minimum atomic E-state index is -0.524. The van der Waals surface area contributed by atoms with Crippen LogP contribution >= 0.6 is 0 Å². The second-order valence-electron chi connectivity index (χ2n) is 6.18. The standard InChI is InChI=1S/C16H23FO/c1-10-4-11(2)6-13(5-10)16(18)14-7-12(3)8-15(17)9-14/h7-11,13,16,18H,4-6H2,1-3H3. The fourth-order valence-electron chi connectivity index (χ4n) is 3.47. The molecule has 0 heterocycles. The third-order valence-corrected chi connectivity index (χ3v) is 4.07. The first-order valence-corrected chi connectivity index (χ1v) is 6.91. The fourth-order valence-corrected chi connectivity index (χ4v) is 3.47. The molecule has 0 aromatic heterocycles. The highest BCUT2D eigenvalue weighted by Gasteiger charge is 2.30. The van der Waals surface area contributed by atoms with Crippen molar-refractivity contribution in [1.82, 2.24) is 0 Å². The lowest BCUT2D eigenvalue weighted by Gasteiger charge is -2.34. The van der Waals surface area contributed by atoms with E-state index in [1.54, 1.807) is 0 Å². The van der Waals surface area contributed by atoms with Gasteiger partial charge in [0.1, 0.15) is 5.82 Å². The first kappa shape index (κ1) is 13.5. The van der Waals surface area contributed by atoms with Gasteiger partial charge < -0.3 is 5.11 Å².